The van der Waals surface area contributed by atoms with Crippen LogP contribution >= 0.6 is 0 Å². The number of rotatable bonds is 6. The van der Waals surface area contributed by atoms with Crippen LogP contribution in [0.1, 0.15) is 25.8 Å². The molecule has 136 valence electrons. The number of amides is 2. The zero-order chi connectivity index (χ0) is 18.5. The third-order valence-corrected chi connectivity index (χ3v) is 4.87. The van der Waals surface area contributed by atoms with Crippen molar-refractivity contribution in [3.05, 3.63) is 66.2 Å². The van der Waals surface area contributed by atoms with E-state index < -0.39 is 0 Å². The largest absolute Gasteiger partial charge is 0.342 e. The van der Waals surface area contributed by atoms with Crippen LogP contribution in [0.25, 0.3) is 0 Å². The number of nitrogens with zero attached hydrogens (tertiary/aromatic N) is 2. The molecule has 1 aliphatic rings. The molecule has 2 aromatic rings. The molecule has 4 nitrogen and oxygen atoms in total. The van der Waals surface area contributed by atoms with Gasteiger partial charge in [-0.25, -0.2) is 0 Å². The maximum absolute atomic E-state index is 13.1. The fourth-order valence-corrected chi connectivity index (χ4v) is 3.53. The van der Waals surface area contributed by atoms with Gasteiger partial charge in [0, 0.05) is 31.2 Å². The minimum Gasteiger partial charge on any atom is -0.342 e. The van der Waals surface area contributed by atoms with E-state index in [-0.39, 0.29) is 23.8 Å². The van der Waals surface area contributed by atoms with Gasteiger partial charge in [-0.3, -0.25) is 9.59 Å². The fraction of sp³-hybridized carbons (Fsp3) is 0.364. The molecule has 0 radical (unpaired) electrons. The van der Waals surface area contributed by atoms with Gasteiger partial charge in [-0.1, -0.05) is 48.5 Å². The quantitative estimate of drug-likeness (QED) is 0.800. The molecule has 0 bridgehead atoms. The third kappa shape index (κ3) is 4.13. The Morgan fingerprint density at radius 1 is 1.08 bits per heavy atom. The summed E-state index contributed by atoms with van der Waals surface area (Å²) in [6, 6.07) is 19.9. The second kappa shape index (κ2) is 8.17. The summed E-state index contributed by atoms with van der Waals surface area (Å²) in [5, 5.41) is 0. The monoisotopic (exact) mass is 350 g/mol. The minimum atomic E-state index is -0.263. The van der Waals surface area contributed by atoms with Gasteiger partial charge in [0.05, 0.1) is 5.92 Å². The normalized spacial score (nSPS) is 17.0. The van der Waals surface area contributed by atoms with Crippen LogP contribution in [0.2, 0.25) is 0 Å². The van der Waals surface area contributed by atoms with Crippen molar-refractivity contribution in [2.24, 2.45) is 5.92 Å². The first kappa shape index (κ1) is 18.2. The van der Waals surface area contributed by atoms with Crippen molar-refractivity contribution in [3.8, 4) is 0 Å². The van der Waals surface area contributed by atoms with Crippen molar-refractivity contribution < 1.29 is 9.59 Å². The van der Waals surface area contributed by atoms with Gasteiger partial charge >= 0.3 is 0 Å². The van der Waals surface area contributed by atoms with Crippen LogP contribution in [0.4, 0.5) is 5.69 Å². The minimum absolute atomic E-state index is 0.0433. The molecule has 1 atom stereocenters. The molecule has 0 spiro atoms. The molecule has 1 saturated heterocycles. The Kier molecular flexibility index (Phi) is 5.71. The zero-order valence-corrected chi connectivity index (χ0v) is 15.5. The molecular weight excluding hydrogens is 324 g/mol. The van der Waals surface area contributed by atoms with E-state index in [1.54, 1.807) is 0 Å². The van der Waals surface area contributed by atoms with Gasteiger partial charge in [0.1, 0.15) is 0 Å². The molecule has 0 saturated carbocycles. The maximum atomic E-state index is 13.1. The SMILES string of the molecule is CC(C)N(C(=O)[C@@H]1CC(=O)N(CCc2ccccc2)C1)c1ccccc1. The van der Waals surface area contributed by atoms with Gasteiger partial charge in [0.2, 0.25) is 11.8 Å². The highest BCUT2D eigenvalue weighted by molar-refractivity contribution is 5.99. The molecule has 2 amide bonds. The van der Waals surface area contributed by atoms with Crippen molar-refractivity contribution in [2.45, 2.75) is 32.7 Å². The van der Waals surface area contributed by atoms with Gasteiger partial charge in [0.25, 0.3) is 0 Å². The summed E-state index contributed by atoms with van der Waals surface area (Å²) in [4.78, 5) is 29.1. The fourth-order valence-electron chi connectivity index (χ4n) is 3.53. The van der Waals surface area contributed by atoms with Crippen molar-refractivity contribution in [2.75, 3.05) is 18.0 Å². The van der Waals surface area contributed by atoms with Crippen molar-refractivity contribution >= 4 is 17.5 Å². The number of hydrogen-bond donors (Lipinski definition) is 0. The highest BCUT2D eigenvalue weighted by atomic mass is 16.2. The topological polar surface area (TPSA) is 40.6 Å². The Balaban J connectivity index is 1.66. The van der Waals surface area contributed by atoms with Crippen molar-refractivity contribution in [3.63, 3.8) is 0 Å². The molecule has 0 aliphatic carbocycles. The first-order chi connectivity index (χ1) is 12.6. The highest BCUT2D eigenvalue weighted by Crippen LogP contribution is 2.25. The second-order valence-corrected chi connectivity index (χ2v) is 7.11. The number of likely N-dealkylation sites (tertiary alicyclic amines) is 1. The zero-order valence-electron chi connectivity index (χ0n) is 15.5. The Morgan fingerprint density at radius 2 is 1.69 bits per heavy atom. The smallest absolute Gasteiger partial charge is 0.232 e. The third-order valence-electron chi connectivity index (χ3n) is 4.87. The van der Waals surface area contributed by atoms with E-state index in [4.69, 9.17) is 0 Å². The van der Waals surface area contributed by atoms with E-state index in [0.29, 0.717) is 19.5 Å². The lowest BCUT2D eigenvalue weighted by molar-refractivity contribution is -0.128. The van der Waals surface area contributed by atoms with Gasteiger partial charge in [-0.05, 0) is 38.0 Å². The second-order valence-electron chi connectivity index (χ2n) is 7.11. The Hall–Kier alpha value is -2.62. The van der Waals surface area contributed by atoms with E-state index in [1.165, 1.54) is 5.56 Å². The van der Waals surface area contributed by atoms with Crippen molar-refractivity contribution in [1.82, 2.24) is 4.90 Å². The molecule has 3 rings (SSSR count). The molecule has 2 aromatic carbocycles. The number of hydrogen-bond acceptors (Lipinski definition) is 2. The molecule has 0 N–H and O–H groups in total. The van der Waals surface area contributed by atoms with E-state index in [0.717, 1.165) is 12.1 Å². The summed E-state index contributed by atoms with van der Waals surface area (Å²) in [5.74, 6) is -0.140. The summed E-state index contributed by atoms with van der Waals surface area (Å²) in [7, 11) is 0. The molecule has 0 aromatic heterocycles. The number of benzene rings is 2. The number of carbonyl (C=O) groups excluding carboxylic acids is 2. The van der Waals surface area contributed by atoms with Gasteiger partial charge < -0.3 is 9.80 Å². The highest BCUT2D eigenvalue weighted by Gasteiger charge is 2.37. The molecule has 1 aliphatic heterocycles. The van der Waals surface area contributed by atoms with Crippen molar-refractivity contribution in [1.29, 1.82) is 0 Å². The molecule has 1 fully saturated rings. The van der Waals surface area contributed by atoms with Crippen LogP contribution in [0, 0.1) is 5.92 Å². The number of carbonyl (C=O) groups is 2. The predicted octanol–water partition coefficient (Wildman–Crippen LogP) is 3.52. The van der Waals surface area contributed by atoms with Crippen LogP contribution in [-0.2, 0) is 16.0 Å². The molecule has 0 unspecified atom stereocenters. The lowest BCUT2D eigenvalue weighted by atomic mass is 10.1. The van der Waals surface area contributed by atoms with Gasteiger partial charge in [-0.15, -0.1) is 0 Å². The average Bonchev–Trinajstić information content (AvgIpc) is 3.02. The van der Waals surface area contributed by atoms with Crippen LogP contribution in [0.3, 0.4) is 0 Å². The molecule has 1 heterocycles. The maximum Gasteiger partial charge on any atom is 0.232 e. The van der Waals surface area contributed by atoms with E-state index >= 15 is 0 Å². The Morgan fingerprint density at radius 3 is 2.31 bits per heavy atom. The molecule has 4 heteroatoms. The summed E-state index contributed by atoms with van der Waals surface area (Å²) >= 11 is 0. The number of anilines is 1. The molecular formula is C22H26N2O2. The van der Waals surface area contributed by atoms with Gasteiger partial charge in [-0.2, -0.15) is 0 Å². The van der Waals surface area contributed by atoms with Gasteiger partial charge in [0.15, 0.2) is 0 Å². The first-order valence-electron chi connectivity index (χ1n) is 9.26. The van der Waals surface area contributed by atoms with E-state index in [2.05, 4.69) is 12.1 Å². The Bertz CT molecular complexity index is 743. The average molecular weight is 350 g/mol. The van der Waals surface area contributed by atoms with Crippen LogP contribution in [0.15, 0.2) is 60.7 Å². The summed E-state index contributed by atoms with van der Waals surface area (Å²) in [5.41, 5.74) is 2.10. The lowest BCUT2D eigenvalue weighted by Gasteiger charge is -2.29. The molecule has 26 heavy (non-hydrogen) atoms. The van der Waals surface area contributed by atoms with Crippen LogP contribution in [-0.4, -0.2) is 35.8 Å². The summed E-state index contributed by atoms with van der Waals surface area (Å²) in [6.45, 7) is 5.20. The van der Waals surface area contributed by atoms with Crippen LogP contribution in [0.5, 0.6) is 0 Å². The standard InChI is InChI=1S/C22H26N2O2/c1-17(2)24(20-11-7-4-8-12-20)22(26)19-15-21(25)23(16-19)14-13-18-9-5-3-6-10-18/h3-12,17,19H,13-16H2,1-2H3/t19-/m1/s1. The van der Waals surface area contributed by atoms with E-state index in [1.807, 2.05) is 72.2 Å². The Labute approximate surface area is 155 Å². The summed E-state index contributed by atoms with van der Waals surface area (Å²) in [6.07, 6.45) is 1.13. The summed E-state index contributed by atoms with van der Waals surface area (Å²) < 4.78 is 0. The lowest BCUT2D eigenvalue weighted by Crippen LogP contribution is -2.42. The van der Waals surface area contributed by atoms with E-state index in [9.17, 15) is 9.59 Å². The van der Waals surface area contributed by atoms with Crippen LogP contribution < -0.4 is 4.90 Å². The predicted molar refractivity (Wildman–Crippen MR) is 104 cm³/mol. The number of para-hydroxylation sites is 1. The first-order valence-corrected chi connectivity index (χ1v) is 9.26.